The van der Waals surface area contributed by atoms with E-state index in [-0.39, 0.29) is 41.6 Å². The van der Waals surface area contributed by atoms with Crippen LogP contribution in [0.5, 0.6) is 0 Å². The summed E-state index contributed by atoms with van der Waals surface area (Å²) in [5.41, 5.74) is 1.16. The van der Waals surface area contributed by atoms with Crippen molar-refractivity contribution in [3.63, 3.8) is 0 Å². The first kappa shape index (κ1) is 31.9. The van der Waals surface area contributed by atoms with Crippen molar-refractivity contribution in [3.05, 3.63) is 105 Å². The van der Waals surface area contributed by atoms with Crippen molar-refractivity contribution in [1.82, 2.24) is 28.9 Å². The minimum Gasteiger partial charge on any atom is -0.388 e. The minimum absolute atomic E-state index is 0.0124. The Morgan fingerprint density at radius 2 is 1.75 bits per heavy atom. The molecule has 0 bridgehead atoms. The van der Waals surface area contributed by atoms with Gasteiger partial charge in [0.15, 0.2) is 0 Å². The molecule has 2 aliphatic heterocycles. The first-order valence-corrected chi connectivity index (χ1v) is 17.0. The summed E-state index contributed by atoms with van der Waals surface area (Å²) < 4.78 is 17.7. The van der Waals surface area contributed by atoms with E-state index in [0.717, 1.165) is 5.56 Å². The molecule has 12 heteroatoms. The van der Waals surface area contributed by atoms with Gasteiger partial charge in [-0.3, -0.25) is 19.0 Å². The SMILES string of the molecule is Cc1nc(-c2ccccc2F)sc1C(=O)N1CC[C@@H](C(=O)N2CCC(O)(Cn3cnc4c(ccn4C)c3=O)CC2)[C@H](c2ccccc2)C1. The molecule has 248 valence electrons. The van der Waals surface area contributed by atoms with E-state index in [1.807, 2.05) is 42.3 Å². The van der Waals surface area contributed by atoms with E-state index in [1.165, 1.54) is 28.3 Å². The molecule has 0 radical (unpaired) electrons. The highest BCUT2D eigenvalue weighted by molar-refractivity contribution is 7.17. The number of benzene rings is 2. The van der Waals surface area contributed by atoms with Crippen LogP contribution in [0.1, 0.15) is 46.1 Å². The Morgan fingerprint density at radius 1 is 1.02 bits per heavy atom. The average Bonchev–Trinajstić information content (AvgIpc) is 3.68. The van der Waals surface area contributed by atoms with E-state index >= 15 is 0 Å². The van der Waals surface area contributed by atoms with Crippen molar-refractivity contribution in [2.75, 3.05) is 26.2 Å². The number of rotatable bonds is 6. The summed E-state index contributed by atoms with van der Waals surface area (Å²) in [7, 11) is 1.83. The quantitative estimate of drug-likeness (QED) is 0.283. The molecule has 7 rings (SSSR count). The molecule has 5 heterocycles. The molecule has 3 aromatic heterocycles. The minimum atomic E-state index is -1.15. The number of aliphatic hydroxyl groups is 1. The Bertz CT molecular complexity index is 2050. The summed E-state index contributed by atoms with van der Waals surface area (Å²) in [5, 5.41) is 12.4. The molecule has 2 aromatic carbocycles. The van der Waals surface area contributed by atoms with Crippen LogP contribution in [0, 0.1) is 18.7 Å². The Hall–Kier alpha value is -4.68. The monoisotopic (exact) mass is 668 g/mol. The molecule has 10 nitrogen and oxygen atoms in total. The van der Waals surface area contributed by atoms with Crippen molar-refractivity contribution in [3.8, 4) is 10.6 Å². The molecule has 48 heavy (non-hydrogen) atoms. The maximum absolute atomic E-state index is 14.5. The summed E-state index contributed by atoms with van der Waals surface area (Å²) >= 11 is 1.19. The average molecular weight is 669 g/mol. The first-order valence-electron chi connectivity index (χ1n) is 16.2. The fraction of sp³-hybridized carbons (Fsp3) is 0.361. The highest BCUT2D eigenvalue weighted by Gasteiger charge is 2.42. The van der Waals surface area contributed by atoms with E-state index in [1.54, 1.807) is 46.9 Å². The second-order valence-electron chi connectivity index (χ2n) is 13.0. The molecule has 2 amide bonds. The number of piperidine rings is 2. The van der Waals surface area contributed by atoms with E-state index in [0.29, 0.717) is 77.6 Å². The van der Waals surface area contributed by atoms with Crippen LogP contribution >= 0.6 is 11.3 Å². The van der Waals surface area contributed by atoms with Crippen LogP contribution in [0.25, 0.3) is 21.6 Å². The van der Waals surface area contributed by atoms with E-state index in [9.17, 15) is 23.9 Å². The third kappa shape index (κ3) is 5.94. The molecule has 2 aliphatic rings. The molecule has 0 aliphatic carbocycles. The summed E-state index contributed by atoms with van der Waals surface area (Å²) in [4.78, 5) is 54.1. The lowest BCUT2D eigenvalue weighted by atomic mass is 9.79. The number of carbonyl (C=O) groups is 2. The number of aryl methyl sites for hydroxylation is 2. The number of thiazole rings is 1. The molecule has 0 spiro atoms. The van der Waals surface area contributed by atoms with Gasteiger partial charge in [0.1, 0.15) is 27.7 Å². The Labute approximate surface area is 281 Å². The smallest absolute Gasteiger partial charge is 0.265 e. The summed E-state index contributed by atoms with van der Waals surface area (Å²) in [6.45, 7) is 3.37. The number of hydrogen-bond donors (Lipinski definition) is 1. The third-order valence-electron chi connectivity index (χ3n) is 9.86. The molecule has 5 aromatic rings. The molecule has 0 saturated carbocycles. The highest BCUT2D eigenvalue weighted by atomic mass is 32.1. The van der Waals surface area contributed by atoms with Crippen LogP contribution in [-0.2, 0) is 18.4 Å². The zero-order valence-corrected chi connectivity index (χ0v) is 27.7. The van der Waals surface area contributed by atoms with Gasteiger partial charge in [0.25, 0.3) is 11.5 Å². The van der Waals surface area contributed by atoms with Crippen LogP contribution in [-0.4, -0.2) is 77.6 Å². The van der Waals surface area contributed by atoms with Crippen LogP contribution < -0.4 is 5.56 Å². The Kier molecular flexibility index (Phi) is 8.46. The van der Waals surface area contributed by atoms with Gasteiger partial charge in [-0.2, -0.15) is 0 Å². The first-order chi connectivity index (χ1) is 23.1. The summed E-state index contributed by atoms with van der Waals surface area (Å²) in [6.07, 6.45) is 4.42. The van der Waals surface area contributed by atoms with Crippen molar-refractivity contribution >= 4 is 34.2 Å². The van der Waals surface area contributed by atoms with Crippen LogP contribution in [0.4, 0.5) is 4.39 Å². The predicted octanol–water partition coefficient (Wildman–Crippen LogP) is 4.61. The molecule has 2 saturated heterocycles. The lowest BCUT2D eigenvalue weighted by Crippen LogP contribution is -2.53. The van der Waals surface area contributed by atoms with Gasteiger partial charge in [-0.05, 0) is 49.9 Å². The molecule has 1 N–H and O–H groups in total. The number of nitrogens with zero attached hydrogens (tertiary/aromatic N) is 6. The normalized spacial score (nSPS) is 19.5. The number of amides is 2. The molecule has 2 fully saturated rings. The zero-order valence-electron chi connectivity index (χ0n) is 26.9. The van der Waals surface area contributed by atoms with Crippen molar-refractivity contribution in [1.29, 1.82) is 0 Å². The van der Waals surface area contributed by atoms with Gasteiger partial charge in [-0.15, -0.1) is 11.3 Å². The number of fused-ring (bicyclic) bond motifs is 1. The maximum Gasteiger partial charge on any atom is 0.265 e. The summed E-state index contributed by atoms with van der Waals surface area (Å²) in [6, 6.07) is 17.9. The highest BCUT2D eigenvalue weighted by Crippen LogP contribution is 2.37. The zero-order chi connectivity index (χ0) is 33.6. The van der Waals surface area contributed by atoms with Crippen molar-refractivity contribution in [2.45, 2.75) is 44.2 Å². The van der Waals surface area contributed by atoms with Gasteiger partial charge in [0.05, 0.1) is 23.2 Å². The number of likely N-dealkylation sites (tertiary alicyclic amines) is 2. The fourth-order valence-corrected chi connectivity index (χ4v) is 8.17. The predicted molar refractivity (Wildman–Crippen MR) is 181 cm³/mol. The number of carbonyl (C=O) groups excluding carboxylic acids is 2. The van der Waals surface area contributed by atoms with Crippen LogP contribution in [0.2, 0.25) is 0 Å². The molecule has 0 unspecified atom stereocenters. The van der Waals surface area contributed by atoms with Gasteiger partial charge in [-0.25, -0.2) is 14.4 Å². The fourth-order valence-electron chi connectivity index (χ4n) is 7.10. The third-order valence-corrected chi connectivity index (χ3v) is 11.0. The largest absolute Gasteiger partial charge is 0.388 e. The number of hydrogen-bond acceptors (Lipinski definition) is 7. The number of halogens is 1. The van der Waals surface area contributed by atoms with Gasteiger partial charge in [0, 0.05) is 56.8 Å². The van der Waals surface area contributed by atoms with Gasteiger partial charge < -0.3 is 19.5 Å². The standard InChI is InChI=1S/C36H37FN6O4S/c1-23-30(48-32(39-23)26-10-6-7-11-29(26)37)35(46)42-17-13-25(28(20-42)24-8-4-3-5-9-24)33(44)41-18-14-36(47,15-19-41)21-43-22-38-31-27(34(43)45)12-16-40(31)2/h3-12,16,22,25,28,47H,13-15,17-21H2,1-2H3/t25-,28+/m1/s1. The maximum atomic E-state index is 14.5. The van der Waals surface area contributed by atoms with Crippen LogP contribution in [0.15, 0.2) is 78.0 Å². The lowest BCUT2D eigenvalue weighted by molar-refractivity contribution is -0.142. The van der Waals surface area contributed by atoms with E-state index in [4.69, 9.17) is 0 Å². The number of aromatic nitrogens is 4. The van der Waals surface area contributed by atoms with E-state index in [2.05, 4.69) is 9.97 Å². The Balaban J connectivity index is 1.06. The van der Waals surface area contributed by atoms with Crippen molar-refractivity contribution in [2.24, 2.45) is 13.0 Å². The molecular weight excluding hydrogens is 631 g/mol. The van der Waals surface area contributed by atoms with Crippen LogP contribution in [0.3, 0.4) is 0 Å². The second-order valence-corrected chi connectivity index (χ2v) is 14.0. The molecular formula is C36H37FN6O4S. The van der Waals surface area contributed by atoms with Gasteiger partial charge in [-0.1, -0.05) is 42.5 Å². The lowest BCUT2D eigenvalue weighted by Gasteiger charge is -2.43. The second kappa shape index (κ2) is 12.7. The van der Waals surface area contributed by atoms with E-state index < -0.39 is 5.60 Å². The van der Waals surface area contributed by atoms with Gasteiger partial charge in [0.2, 0.25) is 5.91 Å². The van der Waals surface area contributed by atoms with Crippen molar-refractivity contribution < 1.29 is 19.1 Å². The summed E-state index contributed by atoms with van der Waals surface area (Å²) in [5.74, 6) is -1.10. The molecule has 2 atom stereocenters. The Morgan fingerprint density at radius 3 is 2.50 bits per heavy atom. The van der Waals surface area contributed by atoms with Gasteiger partial charge >= 0.3 is 0 Å². The topological polar surface area (TPSA) is 114 Å².